The third kappa shape index (κ3) is 6.12. The molecule has 2 aromatic rings. The second-order valence-electron chi connectivity index (χ2n) is 5.67. The van der Waals surface area contributed by atoms with Crippen molar-refractivity contribution in [2.24, 2.45) is 5.73 Å². The lowest BCUT2D eigenvalue weighted by atomic mass is 10.1. The minimum Gasteiger partial charge on any atom is -0.490 e. The molecule has 0 fully saturated rings. The van der Waals surface area contributed by atoms with Gasteiger partial charge in [-0.1, -0.05) is 24.3 Å². The number of benzene rings is 2. The molecule has 138 valence electrons. The lowest BCUT2D eigenvalue weighted by molar-refractivity contribution is -0.121. The van der Waals surface area contributed by atoms with E-state index in [2.05, 4.69) is 5.32 Å². The van der Waals surface area contributed by atoms with Gasteiger partial charge in [0.2, 0.25) is 11.8 Å². The zero-order valence-electron chi connectivity index (χ0n) is 14.9. The fourth-order valence-electron chi connectivity index (χ4n) is 2.38. The first-order chi connectivity index (χ1) is 12.6. The Bertz CT molecular complexity index is 746. The standard InChI is InChI=1S/C20H24N2O4/c1-2-25-17-9-3-4-10-18(17)26-12-6-11-19(23)22-14-15-7-5-8-16(13-15)20(21)24/h3-5,7-10,13H,2,6,11-12,14H2,1H3,(H2,21,24)(H,22,23). The Kier molecular flexibility index (Phi) is 7.49. The van der Waals surface area contributed by atoms with E-state index in [1.807, 2.05) is 37.3 Å². The molecule has 3 N–H and O–H groups in total. The molecule has 0 bridgehead atoms. The Morgan fingerprint density at radius 1 is 1.04 bits per heavy atom. The third-order valence-corrected chi connectivity index (χ3v) is 3.66. The molecular formula is C20H24N2O4. The second-order valence-corrected chi connectivity index (χ2v) is 5.67. The Morgan fingerprint density at radius 2 is 1.77 bits per heavy atom. The van der Waals surface area contributed by atoms with E-state index >= 15 is 0 Å². The van der Waals surface area contributed by atoms with Gasteiger partial charge in [0.05, 0.1) is 13.2 Å². The average molecular weight is 356 g/mol. The molecule has 0 spiro atoms. The van der Waals surface area contributed by atoms with Gasteiger partial charge in [0.1, 0.15) is 0 Å². The molecule has 6 heteroatoms. The maximum atomic E-state index is 11.9. The minimum absolute atomic E-state index is 0.0730. The van der Waals surface area contributed by atoms with Gasteiger partial charge >= 0.3 is 0 Å². The number of nitrogens with two attached hydrogens (primary N) is 1. The van der Waals surface area contributed by atoms with Crippen molar-refractivity contribution in [2.75, 3.05) is 13.2 Å². The monoisotopic (exact) mass is 356 g/mol. The summed E-state index contributed by atoms with van der Waals surface area (Å²) in [6.07, 6.45) is 0.944. The molecule has 0 aliphatic heterocycles. The van der Waals surface area contributed by atoms with Crippen LogP contribution < -0.4 is 20.5 Å². The summed E-state index contributed by atoms with van der Waals surface area (Å²) in [5.74, 6) is 0.825. The summed E-state index contributed by atoms with van der Waals surface area (Å²) in [4.78, 5) is 23.1. The summed E-state index contributed by atoms with van der Waals surface area (Å²) in [7, 11) is 0. The number of primary amides is 1. The van der Waals surface area contributed by atoms with Gasteiger partial charge in [-0.25, -0.2) is 0 Å². The van der Waals surface area contributed by atoms with Crippen LogP contribution in [0.5, 0.6) is 11.5 Å². The van der Waals surface area contributed by atoms with Gasteiger partial charge in [0.15, 0.2) is 11.5 Å². The van der Waals surface area contributed by atoms with Crippen LogP contribution in [0.25, 0.3) is 0 Å². The van der Waals surface area contributed by atoms with Crippen molar-refractivity contribution in [2.45, 2.75) is 26.3 Å². The molecule has 0 radical (unpaired) electrons. The van der Waals surface area contributed by atoms with E-state index in [0.717, 1.165) is 5.56 Å². The predicted molar refractivity (Wildman–Crippen MR) is 99.1 cm³/mol. The number of hydrogen-bond acceptors (Lipinski definition) is 4. The van der Waals surface area contributed by atoms with Gasteiger partial charge in [0.25, 0.3) is 0 Å². The number of ether oxygens (including phenoxy) is 2. The first-order valence-corrected chi connectivity index (χ1v) is 8.60. The molecule has 6 nitrogen and oxygen atoms in total. The van der Waals surface area contributed by atoms with E-state index < -0.39 is 5.91 Å². The summed E-state index contributed by atoms with van der Waals surface area (Å²) in [6.45, 7) is 3.27. The summed E-state index contributed by atoms with van der Waals surface area (Å²) < 4.78 is 11.2. The second kappa shape index (κ2) is 10.1. The lowest BCUT2D eigenvalue weighted by Crippen LogP contribution is -2.23. The number of rotatable bonds is 10. The van der Waals surface area contributed by atoms with E-state index in [1.165, 1.54) is 0 Å². The molecule has 2 rings (SSSR count). The summed E-state index contributed by atoms with van der Waals surface area (Å²) in [5.41, 5.74) is 6.51. The van der Waals surface area contributed by atoms with Crippen LogP contribution in [0.15, 0.2) is 48.5 Å². The van der Waals surface area contributed by atoms with Crippen LogP contribution in [0.4, 0.5) is 0 Å². The Labute approximate surface area is 153 Å². The zero-order valence-corrected chi connectivity index (χ0v) is 14.9. The van der Waals surface area contributed by atoms with E-state index in [-0.39, 0.29) is 5.91 Å². The van der Waals surface area contributed by atoms with Crippen molar-refractivity contribution in [3.05, 3.63) is 59.7 Å². The Balaban J connectivity index is 1.71. The molecule has 0 saturated carbocycles. The quantitative estimate of drug-likeness (QED) is 0.640. The molecule has 0 atom stereocenters. The number of hydrogen-bond donors (Lipinski definition) is 2. The normalized spacial score (nSPS) is 10.2. The molecule has 0 unspecified atom stereocenters. The van der Waals surface area contributed by atoms with Gasteiger partial charge in [-0.2, -0.15) is 0 Å². The molecule has 0 aliphatic carbocycles. The number of carbonyl (C=O) groups is 2. The zero-order chi connectivity index (χ0) is 18.8. The van der Waals surface area contributed by atoms with Crippen molar-refractivity contribution in [3.63, 3.8) is 0 Å². The molecule has 2 amide bonds. The Morgan fingerprint density at radius 3 is 2.46 bits per heavy atom. The minimum atomic E-state index is -0.484. The topological polar surface area (TPSA) is 90.7 Å². The van der Waals surface area contributed by atoms with Crippen LogP contribution in [0.1, 0.15) is 35.7 Å². The maximum absolute atomic E-state index is 11.9. The highest BCUT2D eigenvalue weighted by Gasteiger charge is 2.06. The number of carbonyl (C=O) groups excluding carboxylic acids is 2. The van der Waals surface area contributed by atoms with E-state index in [1.54, 1.807) is 18.2 Å². The van der Waals surface area contributed by atoms with Gasteiger partial charge in [-0.15, -0.1) is 0 Å². The van der Waals surface area contributed by atoms with E-state index in [4.69, 9.17) is 15.2 Å². The van der Waals surface area contributed by atoms with Crippen molar-refractivity contribution < 1.29 is 19.1 Å². The van der Waals surface area contributed by atoms with Crippen molar-refractivity contribution in [3.8, 4) is 11.5 Å². The van der Waals surface area contributed by atoms with Crippen LogP contribution >= 0.6 is 0 Å². The first kappa shape index (κ1) is 19.3. The lowest BCUT2D eigenvalue weighted by Gasteiger charge is -2.11. The largest absolute Gasteiger partial charge is 0.490 e. The van der Waals surface area contributed by atoms with Crippen LogP contribution in [0, 0.1) is 0 Å². The molecular weight excluding hydrogens is 332 g/mol. The van der Waals surface area contributed by atoms with Gasteiger partial charge in [-0.05, 0) is 43.2 Å². The maximum Gasteiger partial charge on any atom is 0.248 e. The highest BCUT2D eigenvalue weighted by atomic mass is 16.5. The summed E-state index contributed by atoms with van der Waals surface area (Å²) in [5, 5.41) is 2.82. The number of para-hydroxylation sites is 2. The van der Waals surface area contributed by atoms with E-state index in [0.29, 0.717) is 49.7 Å². The molecule has 0 heterocycles. The predicted octanol–water partition coefficient (Wildman–Crippen LogP) is 2.66. The van der Waals surface area contributed by atoms with Crippen LogP contribution in [0.2, 0.25) is 0 Å². The summed E-state index contributed by atoms with van der Waals surface area (Å²) in [6, 6.07) is 14.4. The average Bonchev–Trinajstić information content (AvgIpc) is 2.65. The molecule has 2 aromatic carbocycles. The fourth-order valence-corrected chi connectivity index (χ4v) is 2.38. The third-order valence-electron chi connectivity index (χ3n) is 3.66. The fraction of sp³-hybridized carbons (Fsp3) is 0.300. The SMILES string of the molecule is CCOc1ccccc1OCCCC(=O)NCc1cccc(C(N)=O)c1. The smallest absolute Gasteiger partial charge is 0.248 e. The molecule has 0 aromatic heterocycles. The highest BCUT2D eigenvalue weighted by Crippen LogP contribution is 2.26. The first-order valence-electron chi connectivity index (χ1n) is 8.60. The van der Waals surface area contributed by atoms with Gasteiger partial charge in [0, 0.05) is 18.5 Å². The van der Waals surface area contributed by atoms with Crippen LogP contribution in [-0.2, 0) is 11.3 Å². The molecule has 26 heavy (non-hydrogen) atoms. The highest BCUT2D eigenvalue weighted by molar-refractivity contribution is 5.92. The van der Waals surface area contributed by atoms with Crippen molar-refractivity contribution in [1.82, 2.24) is 5.32 Å². The number of nitrogens with one attached hydrogen (secondary N) is 1. The van der Waals surface area contributed by atoms with Crippen molar-refractivity contribution in [1.29, 1.82) is 0 Å². The van der Waals surface area contributed by atoms with Crippen molar-refractivity contribution >= 4 is 11.8 Å². The summed E-state index contributed by atoms with van der Waals surface area (Å²) >= 11 is 0. The molecule has 0 aliphatic rings. The van der Waals surface area contributed by atoms with E-state index in [9.17, 15) is 9.59 Å². The Hall–Kier alpha value is -3.02. The van der Waals surface area contributed by atoms with Crippen LogP contribution in [-0.4, -0.2) is 25.0 Å². The molecule has 0 saturated heterocycles. The number of amides is 2. The van der Waals surface area contributed by atoms with Crippen LogP contribution in [0.3, 0.4) is 0 Å². The van der Waals surface area contributed by atoms with Gasteiger partial charge in [-0.3, -0.25) is 9.59 Å². The van der Waals surface area contributed by atoms with Gasteiger partial charge < -0.3 is 20.5 Å².